The summed E-state index contributed by atoms with van der Waals surface area (Å²) < 4.78 is 6.78. The summed E-state index contributed by atoms with van der Waals surface area (Å²) in [7, 11) is 1.64. The summed E-state index contributed by atoms with van der Waals surface area (Å²) in [6.07, 6.45) is 2.18. The molecule has 0 aliphatic carbocycles. The normalized spacial score (nSPS) is 10.6. The Morgan fingerprint density at radius 1 is 1.42 bits per heavy atom. The van der Waals surface area contributed by atoms with Crippen LogP contribution in [0.15, 0.2) is 30.5 Å². The summed E-state index contributed by atoms with van der Waals surface area (Å²) in [6, 6.07) is 7.72. The molecule has 0 fully saturated rings. The van der Waals surface area contributed by atoms with E-state index in [0.717, 1.165) is 11.3 Å². The average molecular weight is 261 g/mol. The van der Waals surface area contributed by atoms with Gasteiger partial charge in [0.15, 0.2) is 0 Å². The third-order valence-corrected chi connectivity index (χ3v) is 2.67. The average Bonchev–Trinajstić information content (AvgIpc) is 2.86. The maximum atomic E-state index is 10.5. The van der Waals surface area contributed by atoms with Gasteiger partial charge in [-0.3, -0.25) is 4.79 Å². The lowest BCUT2D eigenvalue weighted by Crippen LogP contribution is -2.01. The molecule has 1 aromatic heterocycles. The van der Waals surface area contributed by atoms with Crippen molar-refractivity contribution in [2.24, 2.45) is 0 Å². The molecule has 0 radical (unpaired) electrons. The second kappa shape index (κ2) is 6.10. The van der Waals surface area contributed by atoms with Crippen molar-refractivity contribution in [2.45, 2.75) is 19.4 Å². The molecule has 1 aromatic carbocycles. The van der Waals surface area contributed by atoms with Gasteiger partial charge in [-0.2, -0.15) is 0 Å². The van der Waals surface area contributed by atoms with Crippen LogP contribution in [0.3, 0.4) is 0 Å². The van der Waals surface area contributed by atoms with Gasteiger partial charge in [0.05, 0.1) is 30.6 Å². The van der Waals surface area contributed by atoms with E-state index in [4.69, 9.17) is 9.84 Å². The van der Waals surface area contributed by atoms with E-state index in [1.807, 2.05) is 24.3 Å². The number of aromatic nitrogens is 3. The highest BCUT2D eigenvalue weighted by Crippen LogP contribution is 2.14. The first kappa shape index (κ1) is 13.2. The van der Waals surface area contributed by atoms with Crippen molar-refractivity contribution in [3.8, 4) is 5.69 Å². The second-order valence-corrected chi connectivity index (χ2v) is 4.11. The van der Waals surface area contributed by atoms with Gasteiger partial charge in [0, 0.05) is 19.1 Å². The van der Waals surface area contributed by atoms with E-state index in [1.165, 1.54) is 0 Å². The first-order valence-electron chi connectivity index (χ1n) is 5.91. The number of para-hydroxylation sites is 1. The fourth-order valence-electron chi connectivity index (χ4n) is 1.78. The maximum Gasteiger partial charge on any atom is 0.303 e. The minimum absolute atomic E-state index is 0.0540. The zero-order chi connectivity index (χ0) is 13.7. The smallest absolute Gasteiger partial charge is 0.303 e. The molecule has 1 heterocycles. The van der Waals surface area contributed by atoms with Gasteiger partial charge < -0.3 is 9.84 Å². The molecule has 0 bridgehead atoms. The molecule has 19 heavy (non-hydrogen) atoms. The quantitative estimate of drug-likeness (QED) is 0.851. The van der Waals surface area contributed by atoms with Gasteiger partial charge in [-0.1, -0.05) is 23.4 Å². The molecule has 0 spiro atoms. The highest BCUT2D eigenvalue weighted by molar-refractivity contribution is 5.66. The van der Waals surface area contributed by atoms with Gasteiger partial charge in [0.2, 0.25) is 0 Å². The van der Waals surface area contributed by atoms with Gasteiger partial charge in [-0.05, 0) is 6.07 Å². The van der Waals surface area contributed by atoms with Gasteiger partial charge >= 0.3 is 5.97 Å². The topological polar surface area (TPSA) is 77.2 Å². The Morgan fingerprint density at radius 2 is 2.21 bits per heavy atom. The highest BCUT2D eigenvalue weighted by atomic mass is 16.5. The monoisotopic (exact) mass is 261 g/mol. The first-order valence-corrected chi connectivity index (χ1v) is 5.91. The van der Waals surface area contributed by atoms with Crippen LogP contribution in [0.1, 0.15) is 17.7 Å². The molecule has 0 unspecified atom stereocenters. The van der Waals surface area contributed by atoms with Crippen LogP contribution < -0.4 is 0 Å². The van der Waals surface area contributed by atoms with E-state index in [1.54, 1.807) is 18.0 Å². The van der Waals surface area contributed by atoms with Crippen molar-refractivity contribution in [3.05, 3.63) is 41.7 Å². The molecule has 0 saturated carbocycles. The van der Waals surface area contributed by atoms with Gasteiger partial charge in [0.1, 0.15) is 0 Å². The lowest BCUT2D eigenvalue weighted by atomic mass is 10.2. The van der Waals surface area contributed by atoms with Crippen LogP contribution in [-0.2, 0) is 22.6 Å². The van der Waals surface area contributed by atoms with Crippen LogP contribution in [0.4, 0.5) is 0 Å². The number of benzene rings is 1. The Labute approximate surface area is 110 Å². The summed E-state index contributed by atoms with van der Waals surface area (Å²) in [6.45, 7) is 0.487. The molecule has 6 nitrogen and oxygen atoms in total. The first-order chi connectivity index (χ1) is 9.20. The van der Waals surface area contributed by atoms with Crippen LogP contribution in [0.5, 0.6) is 0 Å². The molecule has 6 heteroatoms. The van der Waals surface area contributed by atoms with E-state index in [9.17, 15) is 4.79 Å². The maximum absolute atomic E-state index is 10.5. The zero-order valence-corrected chi connectivity index (χ0v) is 10.6. The molecule has 0 aliphatic heterocycles. The molecule has 2 rings (SSSR count). The summed E-state index contributed by atoms with van der Waals surface area (Å²) in [4.78, 5) is 10.5. The van der Waals surface area contributed by atoms with Gasteiger partial charge in [0.25, 0.3) is 0 Å². The number of rotatable bonds is 6. The molecule has 1 N–H and O–H groups in total. The van der Waals surface area contributed by atoms with Crippen molar-refractivity contribution in [1.82, 2.24) is 15.0 Å². The van der Waals surface area contributed by atoms with E-state index in [0.29, 0.717) is 18.7 Å². The number of nitrogens with zero attached hydrogens (tertiary/aromatic N) is 3. The summed E-state index contributed by atoms with van der Waals surface area (Å²) in [5.74, 6) is -0.839. The molecular formula is C13H15N3O3. The third kappa shape index (κ3) is 3.38. The minimum atomic E-state index is -0.839. The van der Waals surface area contributed by atoms with E-state index >= 15 is 0 Å². The molecule has 0 saturated heterocycles. The van der Waals surface area contributed by atoms with Crippen molar-refractivity contribution in [2.75, 3.05) is 7.11 Å². The number of aryl methyl sites for hydroxylation is 1. The van der Waals surface area contributed by atoms with E-state index in [-0.39, 0.29) is 6.42 Å². The second-order valence-electron chi connectivity index (χ2n) is 4.11. The Bertz CT molecular complexity index is 566. The molecule has 0 aliphatic rings. The van der Waals surface area contributed by atoms with Crippen LogP contribution in [0.2, 0.25) is 0 Å². The number of hydrogen-bond acceptors (Lipinski definition) is 4. The fraction of sp³-hybridized carbons (Fsp3) is 0.308. The molecule has 0 amide bonds. The summed E-state index contributed by atoms with van der Waals surface area (Å²) in [5, 5.41) is 16.6. The summed E-state index contributed by atoms with van der Waals surface area (Å²) >= 11 is 0. The van der Waals surface area contributed by atoms with Crippen molar-refractivity contribution in [3.63, 3.8) is 0 Å². The highest BCUT2D eigenvalue weighted by Gasteiger charge is 2.08. The predicted octanol–water partition coefficient (Wildman–Crippen LogP) is 1.43. The predicted molar refractivity (Wildman–Crippen MR) is 68.0 cm³/mol. The third-order valence-electron chi connectivity index (χ3n) is 2.67. The lowest BCUT2D eigenvalue weighted by molar-refractivity contribution is -0.136. The van der Waals surface area contributed by atoms with Crippen LogP contribution in [0, 0.1) is 0 Å². The standard InChI is InChI=1S/C13H15N3O3/c1-19-9-10-4-2-3-5-12(10)16-8-11(14-15-16)6-7-13(17)18/h2-5,8H,6-7,9H2,1H3,(H,17,18). The number of aliphatic carboxylic acids is 1. The Morgan fingerprint density at radius 3 is 2.95 bits per heavy atom. The number of carboxylic acids is 1. The Balaban J connectivity index is 2.20. The number of methoxy groups -OCH3 is 1. The molecule has 100 valence electrons. The largest absolute Gasteiger partial charge is 0.481 e. The van der Waals surface area contributed by atoms with Gasteiger partial charge in [-0.25, -0.2) is 4.68 Å². The summed E-state index contributed by atoms with van der Waals surface area (Å²) in [5.41, 5.74) is 2.55. The van der Waals surface area contributed by atoms with Crippen molar-refractivity contribution < 1.29 is 14.6 Å². The van der Waals surface area contributed by atoms with E-state index < -0.39 is 5.97 Å². The van der Waals surface area contributed by atoms with Crippen molar-refractivity contribution in [1.29, 1.82) is 0 Å². The molecule has 2 aromatic rings. The number of ether oxygens (including phenoxy) is 1. The fourth-order valence-corrected chi connectivity index (χ4v) is 1.78. The van der Waals surface area contributed by atoms with Crippen LogP contribution in [0.25, 0.3) is 5.69 Å². The van der Waals surface area contributed by atoms with Gasteiger partial charge in [-0.15, -0.1) is 5.10 Å². The zero-order valence-electron chi connectivity index (χ0n) is 10.6. The molecule has 0 atom stereocenters. The van der Waals surface area contributed by atoms with Crippen LogP contribution >= 0.6 is 0 Å². The molecular weight excluding hydrogens is 246 g/mol. The Hall–Kier alpha value is -2.21. The number of carbonyl (C=O) groups is 1. The van der Waals surface area contributed by atoms with E-state index in [2.05, 4.69) is 10.3 Å². The SMILES string of the molecule is COCc1ccccc1-n1cc(CCC(=O)O)nn1. The number of hydrogen-bond donors (Lipinski definition) is 1. The number of carboxylic acid groups (broad SMARTS) is 1. The minimum Gasteiger partial charge on any atom is -0.481 e. The lowest BCUT2D eigenvalue weighted by Gasteiger charge is -2.07. The van der Waals surface area contributed by atoms with Crippen molar-refractivity contribution >= 4 is 5.97 Å². The Kier molecular flexibility index (Phi) is 4.25. The van der Waals surface area contributed by atoms with Crippen LogP contribution in [-0.4, -0.2) is 33.2 Å².